The Morgan fingerprint density at radius 1 is 1.36 bits per heavy atom. The fraction of sp³-hybridized carbons (Fsp3) is 0.118. The Balaban J connectivity index is 1.51. The number of carbonyl (C=O) groups is 1. The molecule has 28 heavy (non-hydrogen) atoms. The van der Waals surface area contributed by atoms with Crippen LogP contribution >= 0.6 is 15.9 Å². The Labute approximate surface area is 167 Å². The molecule has 2 aromatic carbocycles. The molecule has 0 radical (unpaired) electrons. The summed E-state index contributed by atoms with van der Waals surface area (Å²) >= 11 is 3.22. The van der Waals surface area contributed by atoms with Gasteiger partial charge < -0.3 is 14.6 Å². The van der Waals surface area contributed by atoms with E-state index in [0.29, 0.717) is 15.8 Å². The first-order valence-electron chi connectivity index (χ1n) is 7.91. The predicted molar refractivity (Wildman–Crippen MR) is 103 cm³/mol. The highest BCUT2D eigenvalue weighted by Crippen LogP contribution is 2.34. The van der Waals surface area contributed by atoms with Crippen LogP contribution in [-0.4, -0.2) is 51.2 Å². The molecule has 0 saturated carbocycles. The van der Waals surface area contributed by atoms with Crippen molar-refractivity contribution in [2.24, 2.45) is 5.10 Å². The largest absolute Gasteiger partial charge is 0.503 e. The normalized spacial score (nSPS) is 10.8. The van der Waals surface area contributed by atoms with E-state index < -0.39 is 5.91 Å². The molecule has 1 heterocycles. The Kier molecular flexibility index (Phi) is 6.17. The van der Waals surface area contributed by atoms with Gasteiger partial charge in [-0.25, -0.2) is 10.1 Å². The first-order chi connectivity index (χ1) is 13.6. The van der Waals surface area contributed by atoms with Gasteiger partial charge in [-0.3, -0.25) is 4.79 Å². The number of aromatic hydroxyl groups is 1. The maximum atomic E-state index is 11.8. The summed E-state index contributed by atoms with van der Waals surface area (Å²) < 4.78 is 12.4. The van der Waals surface area contributed by atoms with Crippen LogP contribution in [0.25, 0.3) is 5.69 Å². The molecule has 0 bridgehead atoms. The number of nitrogens with one attached hydrogen (secondary N) is 1. The number of aromatic nitrogens is 4. The van der Waals surface area contributed by atoms with Crippen molar-refractivity contribution in [3.8, 4) is 22.9 Å². The zero-order valence-corrected chi connectivity index (χ0v) is 16.2. The SMILES string of the molecule is COc1cc(/C=N\NC(=O)COc2ccc(-n3cnnn3)cc2)cc(Br)c1O. The number of tetrazole rings is 1. The molecule has 2 N–H and O–H groups in total. The van der Waals surface area contributed by atoms with Gasteiger partial charge in [0.25, 0.3) is 5.91 Å². The molecule has 0 atom stereocenters. The Hall–Kier alpha value is -3.47. The third-order valence-electron chi connectivity index (χ3n) is 3.49. The average molecular weight is 447 g/mol. The first-order valence-corrected chi connectivity index (χ1v) is 8.70. The number of hydrogen-bond donors (Lipinski definition) is 2. The Morgan fingerprint density at radius 2 is 2.14 bits per heavy atom. The van der Waals surface area contributed by atoms with E-state index in [9.17, 15) is 9.90 Å². The van der Waals surface area contributed by atoms with E-state index in [-0.39, 0.29) is 18.1 Å². The van der Waals surface area contributed by atoms with Crippen molar-refractivity contribution in [3.63, 3.8) is 0 Å². The van der Waals surface area contributed by atoms with Gasteiger partial charge >= 0.3 is 0 Å². The van der Waals surface area contributed by atoms with Gasteiger partial charge in [0.1, 0.15) is 12.1 Å². The summed E-state index contributed by atoms with van der Waals surface area (Å²) in [7, 11) is 1.44. The second-order valence-electron chi connectivity index (χ2n) is 5.38. The van der Waals surface area contributed by atoms with Crippen molar-refractivity contribution in [2.75, 3.05) is 13.7 Å². The summed E-state index contributed by atoms with van der Waals surface area (Å²) in [5, 5.41) is 24.5. The van der Waals surface area contributed by atoms with Gasteiger partial charge in [-0.1, -0.05) is 0 Å². The van der Waals surface area contributed by atoms with E-state index in [4.69, 9.17) is 9.47 Å². The van der Waals surface area contributed by atoms with Gasteiger partial charge in [-0.2, -0.15) is 5.10 Å². The summed E-state index contributed by atoms with van der Waals surface area (Å²) in [6.45, 7) is -0.204. The van der Waals surface area contributed by atoms with Gasteiger partial charge in [-0.05, 0) is 68.3 Å². The number of carbonyl (C=O) groups excluding carboxylic acids is 1. The number of hydrogen-bond acceptors (Lipinski definition) is 8. The fourth-order valence-electron chi connectivity index (χ4n) is 2.16. The number of methoxy groups -OCH3 is 1. The number of hydrazone groups is 1. The smallest absolute Gasteiger partial charge is 0.277 e. The van der Waals surface area contributed by atoms with Crippen molar-refractivity contribution >= 4 is 28.1 Å². The molecule has 0 aliphatic heterocycles. The summed E-state index contributed by atoms with van der Waals surface area (Å²) in [6, 6.07) is 10.1. The predicted octanol–water partition coefficient (Wildman–Crippen LogP) is 1.67. The summed E-state index contributed by atoms with van der Waals surface area (Å²) in [5.74, 6) is 0.368. The lowest BCUT2D eigenvalue weighted by molar-refractivity contribution is -0.123. The molecule has 0 saturated heterocycles. The van der Waals surface area contributed by atoms with E-state index in [2.05, 4.69) is 42.0 Å². The molecule has 1 amide bonds. The number of nitrogens with zero attached hydrogens (tertiary/aromatic N) is 5. The molecule has 0 aliphatic rings. The molecule has 0 aliphatic carbocycles. The second kappa shape index (κ2) is 8.95. The van der Waals surface area contributed by atoms with Crippen LogP contribution in [0.15, 0.2) is 52.3 Å². The van der Waals surface area contributed by atoms with Gasteiger partial charge in [0.15, 0.2) is 18.1 Å². The van der Waals surface area contributed by atoms with E-state index in [0.717, 1.165) is 5.69 Å². The van der Waals surface area contributed by atoms with Crippen LogP contribution in [0.2, 0.25) is 0 Å². The highest BCUT2D eigenvalue weighted by atomic mass is 79.9. The van der Waals surface area contributed by atoms with E-state index in [1.807, 2.05) is 0 Å². The molecule has 144 valence electrons. The third-order valence-corrected chi connectivity index (χ3v) is 4.10. The van der Waals surface area contributed by atoms with E-state index in [1.54, 1.807) is 36.4 Å². The Morgan fingerprint density at radius 3 is 2.82 bits per heavy atom. The van der Waals surface area contributed by atoms with Crippen molar-refractivity contribution in [1.82, 2.24) is 25.6 Å². The molecular weight excluding hydrogens is 432 g/mol. The van der Waals surface area contributed by atoms with Crippen LogP contribution in [0.1, 0.15) is 5.56 Å². The zero-order chi connectivity index (χ0) is 19.9. The number of rotatable bonds is 7. The molecule has 11 heteroatoms. The van der Waals surface area contributed by atoms with Gasteiger partial charge in [0.2, 0.25) is 0 Å². The molecule has 0 fully saturated rings. The van der Waals surface area contributed by atoms with Crippen LogP contribution in [-0.2, 0) is 4.79 Å². The lowest BCUT2D eigenvalue weighted by atomic mass is 10.2. The minimum atomic E-state index is -0.425. The molecule has 3 aromatic rings. The van der Waals surface area contributed by atoms with Crippen LogP contribution in [0.3, 0.4) is 0 Å². The first kappa shape index (κ1) is 19.3. The average Bonchev–Trinajstić information content (AvgIpc) is 3.24. The molecule has 3 rings (SSSR count). The number of amides is 1. The van der Waals surface area contributed by atoms with Gasteiger partial charge in [-0.15, -0.1) is 5.10 Å². The summed E-state index contributed by atoms with van der Waals surface area (Å²) in [6.07, 6.45) is 2.90. The van der Waals surface area contributed by atoms with Gasteiger partial charge in [0.05, 0.1) is 23.5 Å². The van der Waals surface area contributed by atoms with Crippen LogP contribution in [0.4, 0.5) is 0 Å². The highest BCUT2D eigenvalue weighted by Gasteiger charge is 2.08. The topological polar surface area (TPSA) is 124 Å². The second-order valence-corrected chi connectivity index (χ2v) is 6.24. The van der Waals surface area contributed by atoms with Crippen LogP contribution in [0.5, 0.6) is 17.2 Å². The van der Waals surface area contributed by atoms with Crippen molar-refractivity contribution in [1.29, 1.82) is 0 Å². The van der Waals surface area contributed by atoms with Crippen molar-refractivity contribution < 1.29 is 19.4 Å². The van der Waals surface area contributed by atoms with E-state index >= 15 is 0 Å². The third kappa shape index (κ3) is 4.82. The molecular formula is C17H15BrN6O4. The van der Waals surface area contributed by atoms with Crippen LogP contribution < -0.4 is 14.9 Å². The zero-order valence-electron chi connectivity index (χ0n) is 14.6. The molecule has 0 spiro atoms. The standard InChI is InChI=1S/C17H15BrN6O4/c1-27-15-7-11(6-14(18)17(15)26)8-19-21-16(25)9-28-13-4-2-12(3-5-13)24-10-20-22-23-24/h2-8,10,26H,9H2,1H3,(H,21,25)/b19-8-. The maximum absolute atomic E-state index is 11.8. The Bertz CT molecular complexity index is 976. The summed E-state index contributed by atoms with van der Waals surface area (Å²) in [5.41, 5.74) is 3.75. The van der Waals surface area contributed by atoms with Crippen molar-refractivity contribution in [2.45, 2.75) is 0 Å². The van der Waals surface area contributed by atoms with Gasteiger partial charge in [0, 0.05) is 0 Å². The number of benzene rings is 2. The monoisotopic (exact) mass is 446 g/mol. The number of ether oxygens (including phenoxy) is 2. The van der Waals surface area contributed by atoms with Crippen molar-refractivity contribution in [3.05, 3.63) is 52.8 Å². The number of halogens is 1. The molecule has 1 aromatic heterocycles. The number of phenolic OH excluding ortho intramolecular Hbond substituents is 1. The van der Waals surface area contributed by atoms with E-state index in [1.165, 1.54) is 24.3 Å². The lowest BCUT2D eigenvalue weighted by Crippen LogP contribution is -2.24. The minimum absolute atomic E-state index is 0.0109. The summed E-state index contributed by atoms with van der Waals surface area (Å²) in [4.78, 5) is 11.8. The minimum Gasteiger partial charge on any atom is -0.503 e. The maximum Gasteiger partial charge on any atom is 0.277 e. The highest BCUT2D eigenvalue weighted by molar-refractivity contribution is 9.10. The number of phenols is 1. The quantitative estimate of drug-likeness (QED) is 0.417. The molecule has 10 nitrogen and oxygen atoms in total. The fourth-order valence-corrected chi connectivity index (χ4v) is 2.62. The van der Waals surface area contributed by atoms with Crippen LogP contribution in [0, 0.1) is 0 Å². The molecule has 0 unspecified atom stereocenters. The lowest BCUT2D eigenvalue weighted by Gasteiger charge is -2.07.